The Bertz CT molecular complexity index is 3050. The van der Waals surface area contributed by atoms with Crippen molar-refractivity contribution in [3.05, 3.63) is 29.8 Å². The summed E-state index contributed by atoms with van der Waals surface area (Å²) in [5.74, 6) is -17.6. The van der Waals surface area contributed by atoms with E-state index >= 15 is 3.89 Å². The predicted molar refractivity (Wildman–Crippen MR) is 360 cm³/mol. The molecule has 0 aromatic heterocycles. The van der Waals surface area contributed by atoms with Gasteiger partial charge in [0.25, 0.3) is 5.91 Å². The van der Waals surface area contributed by atoms with Gasteiger partial charge in [-0.25, -0.2) is 24.0 Å². The summed E-state index contributed by atoms with van der Waals surface area (Å²) >= 11 is 0. The highest BCUT2D eigenvalue weighted by molar-refractivity contribution is 8.31. The van der Waals surface area contributed by atoms with Crippen LogP contribution in [0.1, 0.15) is 135 Å². The van der Waals surface area contributed by atoms with Crippen molar-refractivity contribution in [1.82, 2.24) is 62.1 Å². The van der Waals surface area contributed by atoms with Crippen LogP contribution in [-0.2, 0) is 67.1 Å². The predicted octanol–water partition coefficient (Wildman–Crippen LogP) is -0.793. The molecule has 1 aliphatic heterocycles. The van der Waals surface area contributed by atoms with Crippen molar-refractivity contribution in [2.45, 2.75) is 176 Å². The minimum atomic E-state index is -3.02. The zero-order chi connectivity index (χ0) is 77.2. The van der Waals surface area contributed by atoms with Gasteiger partial charge in [0.2, 0.25) is 29.5 Å². The highest BCUT2D eigenvalue weighted by Crippen LogP contribution is 2.73. The number of nitrogens with one attached hydrogen (secondary N) is 8. The van der Waals surface area contributed by atoms with Gasteiger partial charge in [-0.1, -0.05) is 10.4 Å². The van der Waals surface area contributed by atoms with Crippen molar-refractivity contribution >= 4 is 106 Å². The molecule has 0 saturated carbocycles. The largest absolute Gasteiger partial charge is 0.481 e. The molecule has 17 N–H and O–H groups in total. The van der Waals surface area contributed by atoms with E-state index in [1.54, 1.807) is 41.5 Å². The third-order valence-corrected chi connectivity index (χ3v) is 20.4. The molecule has 37 nitrogen and oxygen atoms in total. The Morgan fingerprint density at radius 2 is 0.794 bits per heavy atom. The Morgan fingerprint density at radius 1 is 0.412 bits per heavy atom. The first-order chi connectivity index (χ1) is 47.5. The van der Waals surface area contributed by atoms with Crippen LogP contribution in [0.2, 0.25) is 0 Å². The minimum absolute atomic E-state index is 0.00245. The molecule has 2 rings (SSSR count). The molecule has 0 unspecified atom stereocenters. The van der Waals surface area contributed by atoms with E-state index in [1.165, 1.54) is 43.9 Å². The SMILES string of the molecule is CC(C)(C)S(F)(c1ccc(C(=O)NC[C@@H](NC(=O)CC[C@H](C(=O)O)N2CCN(CC(=O)O)CCN(CC(=O)O)CCN(CC(=O)O)CC2)C(=O)N[C@H](CCCCNC(=O)CCC(=O)NCCC[C@@H](NC(=O)CC[C@H](NC(=O)N[C@@H](CCC(=O)O)C(=O)O)C(=O)O)C(=O)O)C(=O)O)cc1)C(C)(C)C. The maximum atomic E-state index is 17.1. The van der Waals surface area contributed by atoms with Crippen molar-refractivity contribution in [3.63, 3.8) is 0 Å². The lowest BCUT2D eigenvalue weighted by Crippen LogP contribution is -2.56. The Morgan fingerprint density at radius 3 is 1.21 bits per heavy atom. The first-order valence-electron chi connectivity index (χ1n) is 32.9. The van der Waals surface area contributed by atoms with Gasteiger partial charge in [-0.2, -0.15) is 3.89 Å². The van der Waals surface area contributed by atoms with Crippen LogP contribution in [0.3, 0.4) is 0 Å². The van der Waals surface area contributed by atoms with Gasteiger partial charge in [-0.3, -0.25) is 72.3 Å². The average molecular weight is 1480 g/mol. The van der Waals surface area contributed by atoms with Crippen LogP contribution in [0.5, 0.6) is 0 Å². The molecular formula is C63H99FN12O25S. The third-order valence-electron chi connectivity index (χ3n) is 16.1. The van der Waals surface area contributed by atoms with Gasteiger partial charge < -0.3 is 88.5 Å². The van der Waals surface area contributed by atoms with E-state index in [9.17, 15) is 118 Å². The van der Waals surface area contributed by atoms with Crippen LogP contribution < -0.4 is 42.5 Å². The summed E-state index contributed by atoms with van der Waals surface area (Å²) in [4.78, 5) is 205. The fraction of sp³-hybridized carbons (Fsp3) is 0.651. The molecule has 0 bridgehead atoms. The number of carbonyl (C=O) groups excluding carboxylic acids is 7. The van der Waals surface area contributed by atoms with Crippen molar-refractivity contribution in [2.24, 2.45) is 0 Å². The van der Waals surface area contributed by atoms with Gasteiger partial charge in [-0.05, 0) is 117 Å². The summed E-state index contributed by atoms with van der Waals surface area (Å²) < 4.78 is 15.5. The molecule has 0 spiro atoms. The zero-order valence-corrected chi connectivity index (χ0v) is 58.8. The van der Waals surface area contributed by atoms with Crippen molar-refractivity contribution in [1.29, 1.82) is 0 Å². The third kappa shape index (κ3) is 33.0. The number of carboxylic acid groups (broad SMARTS) is 9. The van der Waals surface area contributed by atoms with Gasteiger partial charge in [-0.15, -0.1) is 0 Å². The molecule has 0 aliphatic carbocycles. The normalized spacial score (nSPS) is 15.8. The molecule has 1 heterocycles. The van der Waals surface area contributed by atoms with E-state index < -0.39 is 216 Å². The molecule has 1 aliphatic rings. The summed E-state index contributed by atoms with van der Waals surface area (Å²) in [6.45, 7) is 8.28. The number of nitrogens with zero attached hydrogens (tertiary/aromatic N) is 4. The van der Waals surface area contributed by atoms with E-state index in [-0.39, 0.29) is 116 Å². The second-order valence-electron chi connectivity index (χ2n) is 26.1. The average Bonchev–Trinajstić information content (AvgIpc) is 0.748. The number of benzene rings is 1. The van der Waals surface area contributed by atoms with Crippen LogP contribution in [-0.4, -0.2) is 298 Å². The smallest absolute Gasteiger partial charge is 0.326 e. The number of unbranched alkanes of at least 4 members (excludes halogenated alkanes) is 1. The van der Waals surface area contributed by atoms with Crippen molar-refractivity contribution in [3.8, 4) is 0 Å². The number of urea groups is 1. The summed E-state index contributed by atoms with van der Waals surface area (Å²) in [5.41, 5.74) is 0.0292. The summed E-state index contributed by atoms with van der Waals surface area (Å²) in [6, 6.07) is -5.27. The molecule has 1 aromatic carbocycles. The number of amides is 8. The fourth-order valence-electron chi connectivity index (χ4n) is 10.9. The first kappa shape index (κ1) is 88.7. The first-order valence-corrected chi connectivity index (χ1v) is 34.4. The number of carbonyl (C=O) groups is 16. The molecule has 0 radical (unpaired) electrons. The van der Waals surface area contributed by atoms with Gasteiger partial charge in [0.15, 0.2) is 0 Å². The van der Waals surface area contributed by atoms with Crippen LogP contribution >= 0.6 is 10.4 Å². The maximum absolute atomic E-state index is 17.1. The second kappa shape index (κ2) is 43.5. The number of hydrogen-bond donors (Lipinski definition) is 17. The molecule has 39 heteroatoms. The lowest BCUT2D eigenvalue weighted by Gasteiger charge is -2.52. The molecule has 6 atom stereocenters. The van der Waals surface area contributed by atoms with E-state index in [2.05, 4.69) is 31.9 Å². The standard InChI is InChI=1S/C63H99FN12O25S/c1-62(2,3)102(64,63(4,5)6)39-14-12-38(13-15-39)54(89)67-34-44(69-49(80)20-18-45(60(99)100)76-32-30-74(36-52(85)86)28-26-73(35-51(83)84)27-29-75(31-33-76)37-53(87)88)55(90)70-41(57(93)94)10-7-8-24-65-46(77)21-22-47(78)66-25-9-11-40(56(91)92)68-48(79)19-16-42(58(95)96)71-61(101)72-43(59(97)98)17-23-50(81)82/h12-15,40-45H,7-11,16-37H2,1-6H3,(H,65,77)(H,66,78)(H,67,89)(H,68,79)(H,69,80)(H,70,90)(H,81,82)(H,83,84)(H,85,86)(H,87,88)(H,91,92)(H,93,94)(H,95,96)(H,97,98)(H,99,100)(H2,71,72,101)/t40-,41-,42+,43+,44-,45-/m1/s1. The molecule has 102 heavy (non-hydrogen) atoms. The van der Waals surface area contributed by atoms with Crippen LogP contribution in [0, 0.1) is 0 Å². The number of halogens is 1. The molecule has 1 fully saturated rings. The highest BCUT2D eigenvalue weighted by atomic mass is 32.3. The Kier molecular flexibility index (Phi) is 37.8. The quantitative estimate of drug-likeness (QED) is 0.0356. The topological polar surface area (TPSA) is 564 Å². The number of rotatable bonds is 43. The molecular weight excluding hydrogens is 1380 g/mol. The van der Waals surface area contributed by atoms with E-state index in [1.807, 2.05) is 10.6 Å². The molecule has 1 saturated heterocycles. The molecule has 8 amide bonds. The van der Waals surface area contributed by atoms with E-state index in [4.69, 9.17) is 5.11 Å². The Labute approximate surface area is 589 Å². The fourth-order valence-corrected chi connectivity index (χ4v) is 14.7. The van der Waals surface area contributed by atoms with Crippen molar-refractivity contribution in [2.75, 3.05) is 91.6 Å². The van der Waals surface area contributed by atoms with Gasteiger partial charge in [0, 0.05) is 124 Å². The highest BCUT2D eigenvalue weighted by Gasteiger charge is 2.48. The molecule has 1 aromatic rings. The van der Waals surface area contributed by atoms with E-state index in [0.29, 0.717) is 4.90 Å². The van der Waals surface area contributed by atoms with Crippen molar-refractivity contribution < 1.29 is 127 Å². The second-order valence-corrected chi connectivity index (χ2v) is 30.1. The Balaban J connectivity index is 2.15. The van der Waals surface area contributed by atoms with E-state index in [0.717, 1.165) is 0 Å². The number of aliphatic carboxylic acids is 9. The summed E-state index contributed by atoms with van der Waals surface area (Å²) in [7, 11) is -3.02. The van der Waals surface area contributed by atoms with Gasteiger partial charge >= 0.3 is 59.8 Å². The minimum Gasteiger partial charge on any atom is -0.481 e. The van der Waals surface area contributed by atoms with Crippen LogP contribution in [0.15, 0.2) is 29.2 Å². The van der Waals surface area contributed by atoms with Gasteiger partial charge in [0.05, 0.1) is 19.6 Å². The number of hydrogen-bond acceptors (Lipinski definition) is 20. The van der Waals surface area contributed by atoms with Gasteiger partial charge in [0.1, 0.15) is 36.3 Å². The van der Waals surface area contributed by atoms with Crippen LogP contribution in [0.4, 0.5) is 8.68 Å². The lowest BCUT2D eigenvalue weighted by atomic mass is 10.1. The maximum Gasteiger partial charge on any atom is 0.326 e. The molecule has 574 valence electrons. The summed E-state index contributed by atoms with van der Waals surface area (Å²) in [6.07, 6.45) is -4.26. The summed E-state index contributed by atoms with van der Waals surface area (Å²) in [5, 5.41) is 105. The lowest BCUT2D eigenvalue weighted by molar-refractivity contribution is -0.145. The Hall–Kier alpha value is -9.34. The monoisotopic (exact) mass is 1470 g/mol. The van der Waals surface area contributed by atoms with Crippen LogP contribution in [0.25, 0.3) is 0 Å². The zero-order valence-electron chi connectivity index (χ0n) is 58.0. The number of carboxylic acids is 9.